The Kier molecular flexibility index (Phi) is 3.54. The van der Waals surface area contributed by atoms with Crippen LogP contribution in [0.15, 0.2) is 34.8 Å². The first-order valence-electron chi connectivity index (χ1n) is 3.88. The number of rotatable bonds is 2. The fourth-order valence-corrected chi connectivity index (χ4v) is 1.69. The van der Waals surface area contributed by atoms with Crippen molar-refractivity contribution in [2.24, 2.45) is 5.73 Å². The van der Waals surface area contributed by atoms with Gasteiger partial charge in [-0.3, -0.25) is 0 Å². The molecular weight excluding hydrogens is 249 g/mol. The molecule has 1 aromatic rings. The Balaban J connectivity index is 3.12. The zero-order valence-corrected chi connectivity index (χ0v) is 9.69. The summed E-state index contributed by atoms with van der Waals surface area (Å²) >= 11 is 9.28. The highest BCUT2D eigenvalue weighted by molar-refractivity contribution is 9.10. The van der Waals surface area contributed by atoms with Crippen LogP contribution in [0, 0.1) is 0 Å². The summed E-state index contributed by atoms with van der Waals surface area (Å²) in [6.07, 6.45) is 0. The van der Waals surface area contributed by atoms with E-state index in [1.165, 1.54) is 0 Å². The summed E-state index contributed by atoms with van der Waals surface area (Å²) in [6.45, 7) is 5.71. The van der Waals surface area contributed by atoms with Crippen molar-refractivity contribution < 1.29 is 0 Å². The smallest absolute Gasteiger partial charge is 0.0517 e. The molecule has 0 aromatic heterocycles. The fraction of sp³-hybridized carbons (Fsp3) is 0.200. The summed E-state index contributed by atoms with van der Waals surface area (Å²) in [5.41, 5.74) is 7.81. The zero-order chi connectivity index (χ0) is 10.0. The molecule has 0 heterocycles. The monoisotopic (exact) mass is 259 g/mol. The van der Waals surface area contributed by atoms with Crippen LogP contribution in [0.3, 0.4) is 0 Å². The molecule has 1 unspecified atom stereocenters. The molecule has 0 amide bonds. The largest absolute Gasteiger partial charge is 0.321 e. The van der Waals surface area contributed by atoms with Crippen LogP contribution in [0.1, 0.15) is 18.5 Å². The molecule has 1 atom stereocenters. The van der Waals surface area contributed by atoms with E-state index in [4.69, 9.17) is 17.3 Å². The molecule has 0 bridgehead atoms. The number of nitrogens with two attached hydrogens (primary N) is 1. The van der Waals surface area contributed by atoms with Gasteiger partial charge in [-0.25, -0.2) is 0 Å². The van der Waals surface area contributed by atoms with E-state index in [1.807, 2.05) is 25.1 Å². The third kappa shape index (κ3) is 2.56. The second-order valence-electron chi connectivity index (χ2n) is 2.99. The summed E-state index contributed by atoms with van der Waals surface area (Å²) < 4.78 is 0.965. The summed E-state index contributed by atoms with van der Waals surface area (Å²) in [5, 5.41) is 0.690. The number of hydrogen-bond acceptors (Lipinski definition) is 1. The van der Waals surface area contributed by atoms with Gasteiger partial charge in [-0.15, -0.1) is 0 Å². The third-order valence-electron chi connectivity index (χ3n) is 1.82. The predicted octanol–water partition coefficient (Wildman–Crippen LogP) is 3.68. The minimum Gasteiger partial charge on any atom is -0.321 e. The van der Waals surface area contributed by atoms with Crippen molar-refractivity contribution in [2.75, 3.05) is 0 Å². The zero-order valence-electron chi connectivity index (χ0n) is 7.35. The second-order valence-corrected chi connectivity index (χ2v) is 4.28. The van der Waals surface area contributed by atoms with E-state index in [9.17, 15) is 0 Å². The Morgan fingerprint density at radius 3 is 2.77 bits per heavy atom. The van der Waals surface area contributed by atoms with E-state index >= 15 is 0 Å². The average molecular weight is 261 g/mol. The summed E-state index contributed by atoms with van der Waals surface area (Å²) in [7, 11) is 0. The van der Waals surface area contributed by atoms with E-state index in [2.05, 4.69) is 22.5 Å². The Morgan fingerprint density at radius 1 is 1.62 bits per heavy atom. The average Bonchev–Trinajstić information content (AvgIpc) is 2.08. The number of benzene rings is 1. The lowest BCUT2D eigenvalue weighted by atomic mass is 10.0. The molecule has 3 heteroatoms. The fourth-order valence-electron chi connectivity index (χ4n) is 1.02. The highest BCUT2D eigenvalue weighted by Crippen LogP contribution is 2.28. The molecule has 0 fully saturated rings. The molecular formula is C10H11BrClN. The van der Waals surface area contributed by atoms with Gasteiger partial charge >= 0.3 is 0 Å². The van der Waals surface area contributed by atoms with Gasteiger partial charge < -0.3 is 5.73 Å². The van der Waals surface area contributed by atoms with Gasteiger partial charge in [0.25, 0.3) is 0 Å². The standard InChI is InChI=1S/C10H11BrClN/c1-6(2)10(13)8-5-7(12)3-4-9(8)11/h3-5,10H,1,13H2,2H3. The SMILES string of the molecule is C=C(C)C(N)c1cc(Cl)ccc1Br. The number of halogens is 2. The van der Waals surface area contributed by atoms with Crippen molar-refractivity contribution in [3.63, 3.8) is 0 Å². The molecule has 0 spiro atoms. The lowest BCUT2D eigenvalue weighted by Gasteiger charge is -2.13. The summed E-state index contributed by atoms with van der Waals surface area (Å²) in [4.78, 5) is 0. The van der Waals surface area contributed by atoms with Crippen LogP contribution in [0.5, 0.6) is 0 Å². The van der Waals surface area contributed by atoms with Gasteiger partial charge in [-0.2, -0.15) is 0 Å². The lowest BCUT2D eigenvalue weighted by molar-refractivity contribution is 0.845. The van der Waals surface area contributed by atoms with E-state index in [-0.39, 0.29) is 6.04 Å². The highest BCUT2D eigenvalue weighted by atomic mass is 79.9. The normalized spacial score (nSPS) is 12.6. The quantitative estimate of drug-likeness (QED) is 0.807. The molecule has 0 saturated carbocycles. The van der Waals surface area contributed by atoms with Crippen LogP contribution in [0.25, 0.3) is 0 Å². The van der Waals surface area contributed by atoms with Crippen LogP contribution in [0.2, 0.25) is 5.02 Å². The van der Waals surface area contributed by atoms with Gasteiger partial charge in [-0.1, -0.05) is 39.7 Å². The first-order valence-corrected chi connectivity index (χ1v) is 5.05. The second kappa shape index (κ2) is 4.27. The van der Waals surface area contributed by atoms with Crippen LogP contribution >= 0.6 is 27.5 Å². The molecule has 1 aromatic carbocycles. The molecule has 0 saturated heterocycles. The van der Waals surface area contributed by atoms with Crippen molar-refractivity contribution in [1.82, 2.24) is 0 Å². The Bertz CT molecular complexity index is 336. The van der Waals surface area contributed by atoms with Crippen molar-refractivity contribution in [3.05, 3.63) is 45.4 Å². The maximum Gasteiger partial charge on any atom is 0.0517 e. The molecule has 0 aliphatic carbocycles. The van der Waals surface area contributed by atoms with E-state index < -0.39 is 0 Å². The van der Waals surface area contributed by atoms with Gasteiger partial charge in [-0.05, 0) is 30.7 Å². The minimum absolute atomic E-state index is 0.159. The molecule has 70 valence electrons. The van der Waals surface area contributed by atoms with Gasteiger partial charge in [0.1, 0.15) is 0 Å². The number of hydrogen-bond donors (Lipinski definition) is 1. The van der Waals surface area contributed by atoms with Crippen LogP contribution < -0.4 is 5.73 Å². The maximum absolute atomic E-state index is 5.92. The minimum atomic E-state index is -0.159. The van der Waals surface area contributed by atoms with Crippen LogP contribution in [-0.4, -0.2) is 0 Å². The highest BCUT2D eigenvalue weighted by Gasteiger charge is 2.10. The van der Waals surface area contributed by atoms with Crippen molar-refractivity contribution in [1.29, 1.82) is 0 Å². The molecule has 1 nitrogen and oxygen atoms in total. The topological polar surface area (TPSA) is 26.0 Å². The van der Waals surface area contributed by atoms with E-state index in [0.717, 1.165) is 15.6 Å². The van der Waals surface area contributed by atoms with Gasteiger partial charge in [0.05, 0.1) is 6.04 Å². The third-order valence-corrected chi connectivity index (χ3v) is 2.78. The molecule has 1 rings (SSSR count). The lowest BCUT2D eigenvalue weighted by Crippen LogP contribution is -2.11. The van der Waals surface area contributed by atoms with Gasteiger partial charge in [0.2, 0.25) is 0 Å². The Labute approximate surface area is 91.7 Å². The summed E-state index contributed by atoms with van der Waals surface area (Å²) in [5.74, 6) is 0. The predicted molar refractivity (Wildman–Crippen MR) is 60.9 cm³/mol. The molecule has 13 heavy (non-hydrogen) atoms. The van der Waals surface area contributed by atoms with Crippen LogP contribution in [0.4, 0.5) is 0 Å². The first kappa shape index (κ1) is 10.8. The molecule has 2 N–H and O–H groups in total. The molecule has 0 aliphatic heterocycles. The Hall–Kier alpha value is -0.310. The van der Waals surface area contributed by atoms with E-state index in [1.54, 1.807) is 0 Å². The van der Waals surface area contributed by atoms with Gasteiger partial charge in [0, 0.05) is 9.50 Å². The van der Waals surface area contributed by atoms with Crippen molar-refractivity contribution in [2.45, 2.75) is 13.0 Å². The molecule has 0 radical (unpaired) electrons. The van der Waals surface area contributed by atoms with Crippen LogP contribution in [-0.2, 0) is 0 Å². The first-order chi connectivity index (χ1) is 6.02. The maximum atomic E-state index is 5.92. The molecule has 0 aliphatic rings. The Morgan fingerprint density at radius 2 is 2.23 bits per heavy atom. The van der Waals surface area contributed by atoms with Crippen molar-refractivity contribution in [3.8, 4) is 0 Å². The van der Waals surface area contributed by atoms with E-state index in [0.29, 0.717) is 5.02 Å². The van der Waals surface area contributed by atoms with Gasteiger partial charge in [0.15, 0.2) is 0 Å². The van der Waals surface area contributed by atoms with Crippen molar-refractivity contribution >= 4 is 27.5 Å². The summed E-state index contributed by atoms with van der Waals surface area (Å²) in [6, 6.07) is 5.40.